The Labute approximate surface area is 239 Å². The number of rotatable bonds is 10. The second-order valence-electron chi connectivity index (χ2n) is 11.2. The number of carbonyl (C=O) groups is 2. The van der Waals surface area contributed by atoms with E-state index in [1.807, 2.05) is 78.8 Å². The average Bonchev–Trinajstić information content (AvgIpc) is 2.89. The van der Waals surface area contributed by atoms with Crippen molar-refractivity contribution < 1.29 is 18.0 Å². The lowest BCUT2D eigenvalue weighted by atomic mass is 10.0. The Morgan fingerprint density at radius 3 is 2.08 bits per heavy atom. The van der Waals surface area contributed by atoms with Gasteiger partial charge in [0.2, 0.25) is 11.8 Å². The van der Waals surface area contributed by atoms with Crippen molar-refractivity contribution in [3.63, 3.8) is 0 Å². The Morgan fingerprint density at radius 1 is 0.875 bits per heavy atom. The van der Waals surface area contributed by atoms with Crippen LogP contribution in [-0.2, 0) is 26.2 Å². The van der Waals surface area contributed by atoms with Crippen molar-refractivity contribution in [3.8, 4) is 0 Å². The summed E-state index contributed by atoms with van der Waals surface area (Å²) < 4.78 is 29.1. The third-order valence-corrected chi connectivity index (χ3v) is 8.59. The van der Waals surface area contributed by atoms with Crippen LogP contribution in [0, 0.1) is 20.8 Å². The van der Waals surface area contributed by atoms with E-state index in [2.05, 4.69) is 5.32 Å². The molecule has 0 aliphatic rings. The molecule has 1 atom stereocenters. The van der Waals surface area contributed by atoms with Gasteiger partial charge in [-0.1, -0.05) is 67.1 Å². The molecule has 7 nitrogen and oxygen atoms in total. The number of hydrogen-bond donors (Lipinski definition) is 1. The predicted molar refractivity (Wildman–Crippen MR) is 161 cm³/mol. The summed E-state index contributed by atoms with van der Waals surface area (Å²) >= 11 is 0. The fourth-order valence-electron chi connectivity index (χ4n) is 4.50. The van der Waals surface area contributed by atoms with E-state index in [-0.39, 0.29) is 17.3 Å². The third-order valence-electron chi connectivity index (χ3n) is 6.81. The molecular weight excluding hydrogens is 522 g/mol. The highest BCUT2D eigenvalue weighted by Crippen LogP contribution is 2.29. The van der Waals surface area contributed by atoms with Gasteiger partial charge < -0.3 is 10.2 Å². The molecule has 0 saturated carbocycles. The number of carbonyl (C=O) groups excluding carboxylic acids is 2. The summed E-state index contributed by atoms with van der Waals surface area (Å²) in [4.78, 5) is 29.2. The molecule has 3 aromatic carbocycles. The molecule has 214 valence electrons. The van der Waals surface area contributed by atoms with Crippen molar-refractivity contribution in [1.29, 1.82) is 0 Å². The Balaban J connectivity index is 2.10. The van der Waals surface area contributed by atoms with Gasteiger partial charge in [-0.05, 0) is 82.9 Å². The van der Waals surface area contributed by atoms with Crippen LogP contribution in [0.4, 0.5) is 5.69 Å². The highest BCUT2D eigenvalue weighted by atomic mass is 32.2. The lowest BCUT2D eigenvalue weighted by Gasteiger charge is -2.35. The molecule has 0 aliphatic carbocycles. The number of nitrogens with one attached hydrogen (secondary N) is 1. The molecule has 0 fully saturated rings. The maximum atomic E-state index is 14.2. The van der Waals surface area contributed by atoms with Crippen LogP contribution in [0.25, 0.3) is 0 Å². The zero-order valence-electron chi connectivity index (χ0n) is 24.6. The van der Waals surface area contributed by atoms with Crippen LogP contribution in [0.1, 0.15) is 56.4 Å². The van der Waals surface area contributed by atoms with Crippen molar-refractivity contribution in [3.05, 3.63) is 95.1 Å². The monoisotopic (exact) mass is 563 g/mol. The second-order valence-corrected chi connectivity index (χ2v) is 13.1. The molecule has 0 spiro atoms. The molecular formula is C32H41N3O4S. The zero-order chi connectivity index (χ0) is 29.7. The van der Waals surface area contributed by atoms with Crippen molar-refractivity contribution >= 4 is 27.5 Å². The van der Waals surface area contributed by atoms with Crippen LogP contribution in [-0.4, -0.2) is 43.3 Å². The Hall–Kier alpha value is -3.65. The number of hydrogen-bond acceptors (Lipinski definition) is 4. The first kappa shape index (κ1) is 30.9. The van der Waals surface area contributed by atoms with Crippen molar-refractivity contribution in [2.24, 2.45) is 0 Å². The minimum absolute atomic E-state index is 0.0892. The average molecular weight is 564 g/mol. The van der Waals surface area contributed by atoms with Gasteiger partial charge in [0.1, 0.15) is 12.6 Å². The van der Waals surface area contributed by atoms with Crippen LogP contribution in [0.2, 0.25) is 0 Å². The molecule has 0 aliphatic heterocycles. The summed E-state index contributed by atoms with van der Waals surface area (Å²) in [5, 5.41) is 2.99. The first-order chi connectivity index (χ1) is 18.7. The van der Waals surface area contributed by atoms with E-state index in [9.17, 15) is 18.0 Å². The normalized spacial score (nSPS) is 12.5. The molecule has 0 saturated heterocycles. The molecule has 3 rings (SSSR count). The standard InChI is InChI=1S/C32H41N3O4S/c1-8-28(31(37)33-32(5,6)7)34(21-26-19-17-23(2)18-20-26)30(36)22-35(29-16-12-13-24(3)25(29)4)40(38,39)27-14-10-9-11-15-27/h9-20,28H,8,21-22H2,1-7H3,(H,33,37). The molecule has 40 heavy (non-hydrogen) atoms. The number of nitrogens with zero attached hydrogens (tertiary/aromatic N) is 2. The van der Waals surface area contributed by atoms with Gasteiger partial charge in [-0.2, -0.15) is 0 Å². The quantitative estimate of drug-likeness (QED) is 0.352. The minimum Gasteiger partial charge on any atom is -0.350 e. The molecule has 2 amide bonds. The van der Waals surface area contributed by atoms with Crippen LogP contribution in [0.5, 0.6) is 0 Å². The fraction of sp³-hybridized carbons (Fsp3) is 0.375. The highest BCUT2D eigenvalue weighted by molar-refractivity contribution is 7.92. The van der Waals surface area contributed by atoms with E-state index in [0.29, 0.717) is 12.1 Å². The summed E-state index contributed by atoms with van der Waals surface area (Å²) in [5.74, 6) is -0.739. The van der Waals surface area contributed by atoms with Gasteiger partial charge in [0.25, 0.3) is 10.0 Å². The van der Waals surface area contributed by atoms with Crippen molar-refractivity contribution in [1.82, 2.24) is 10.2 Å². The minimum atomic E-state index is -4.10. The Kier molecular flexibility index (Phi) is 9.79. The SMILES string of the molecule is CCC(C(=O)NC(C)(C)C)N(Cc1ccc(C)cc1)C(=O)CN(c1cccc(C)c1C)S(=O)(=O)c1ccccc1. The van der Waals surface area contributed by atoms with Crippen molar-refractivity contribution in [2.75, 3.05) is 10.8 Å². The largest absolute Gasteiger partial charge is 0.350 e. The summed E-state index contributed by atoms with van der Waals surface area (Å²) in [7, 11) is -4.10. The molecule has 0 radical (unpaired) electrons. The smallest absolute Gasteiger partial charge is 0.264 e. The van der Waals surface area contributed by atoms with Gasteiger partial charge in [-0.15, -0.1) is 0 Å². The number of anilines is 1. The number of sulfonamides is 1. The molecule has 3 aromatic rings. The predicted octanol–water partition coefficient (Wildman–Crippen LogP) is 5.53. The molecule has 8 heteroatoms. The number of aryl methyl sites for hydroxylation is 2. The van der Waals surface area contributed by atoms with E-state index in [0.717, 1.165) is 22.3 Å². The fourth-order valence-corrected chi connectivity index (χ4v) is 5.99. The lowest BCUT2D eigenvalue weighted by molar-refractivity contribution is -0.141. The summed E-state index contributed by atoms with van der Waals surface area (Å²) in [6.45, 7) is 13.0. The number of amides is 2. The Bertz CT molecular complexity index is 1430. The van der Waals surface area contributed by atoms with Gasteiger partial charge in [0, 0.05) is 12.1 Å². The van der Waals surface area contributed by atoms with Crippen LogP contribution in [0.15, 0.2) is 77.7 Å². The maximum Gasteiger partial charge on any atom is 0.264 e. The first-order valence-corrected chi connectivity index (χ1v) is 15.0. The van der Waals surface area contributed by atoms with Gasteiger partial charge in [-0.25, -0.2) is 8.42 Å². The van der Waals surface area contributed by atoms with Gasteiger partial charge in [0.05, 0.1) is 10.6 Å². The first-order valence-electron chi connectivity index (χ1n) is 13.6. The van der Waals surface area contributed by atoms with E-state index < -0.39 is 34.1 Å². The Morgan fingerprint density at radius 2 is 1.50 bits per heavy atom. The van der Waals surface area contributed by atoms with Gasteiger partial charge in [0.15, 0.2) is 0 Å². The maximum absolute atomic E-state index is 14.2. The molecule has 1 unspecified atom stereocenters. The molecule has 0 heterocycles. The summed E-state index contributed by atoms with van der Waals surface area (Å²) in [5.41, 5.74) is 3.53. The van der Waals surface area contributed by atoms with Crippen LogP contribution in [0.3, 0.4) is 0 Å². The third kappa shape index (κ3) is 7.50. The molecule has 0 bridgehead atoms. The van der Waals surface area contributed by atoms with E-state index in [4.69, 9.17) is 0 Å². The van der Waals surface area contributed by atoms with Crippen molar-refractivity contribution in [2.45, 2.75) is 77.9 Å². The van der Waals surface area contributed by atoms with Gasteiger partial charge in [-0.3, -0.25) is 13.9 Å². The summed E-state index contributed by atoms with van der Waals surface area (Å²) in [6.07, 6.45) is 0.369. The van der Waals surface area contributed by atoms with E-state index in [1.54, 1.807) is 30.3 Å². The van der Waals surface area contributed by atoms with E-state index >= 15 is 0 Å². The highest BCUT2D eigenvalue weighted by Gasteiger charge is 2.35. The number of benzene rings is 3. The topological polar surface area (TPSA) is 86.8 Å². The lowest BCUT2D eigenvalue weighted by Crippen LogP contribution is -2.55. The van der Waals surface area contributed by atoms with Crippen LogP contribution < -0.4 is 9.62 Å². The zero-order valence-corrected chi connectivity index (χ0v) is 25.4. The molecule has 1 N–H and O–H groups in total. The second kappa shape index (κ2) is 12.7. The van der Waals surface area contributed by atoms with Gasteiger partial charge >= 0.3 is 0 Å². The van der Waals surface area contributed by atoms with Crippen LogP contribution >= 0.6 is 0 Å². The molecule has 0 aromatic heterocycles. The van der Waals surface area contributed by atoms with E-state index in [1.165, 1.54) is 21.3 Å². The summed E-state index contributed by atoms with van der Waals surface area (Å²) in [6, 6.07) is 20.5.